The maximum absolute atomic E-state index is 12.0. The number of hydrogen-bond donors (Lipinski definition) is 2. The maximum Gasteiger partial charge on any atom is 0.245 e. The van der Waals surface area contributed by atoms with Gasteiger partial charge in [0.2, 0.25) is 11.8 Å². The summed E-state index contributed by atoms with van der Waals surface area (Å²) in [4.78, 5) is 29.1. The molecule has 1 aliphatic rings. The highest BCUT2D eigenvalue weighted by molar-refractivity contribution is 5.81. The molecule has 1 unspecified atom stereocenters. The van der Waals surface area contributed by atoms with Gasteiger partial charge in [0.25, 0.3) is 0 Å². The molecule has 0 aliphatic carbocycles. The summed E-state index contributed by atoms with van der Waals surface area (Å²) in [6, 6.07) is -0.451. The van der Waals surface area contributed by atoms with Gasteiger partial charge in [-0.25, -0.2) is 0 Å². The van der Waals surface area contributed by atoms with Gasteiger partial charge in [-0.2, -0.15) is 5.48 Å². The highest BCUT2D eigenvalue weighted by Crippen LogP contribution is 2.10. The second kappa shape index (κ2) is 7.24. The minimum atomic E-state index is -0.563. The van der Waals surface area contributed by atoms with E-state index in [-0.39, 0.29) is 12.5 Å². The van der Waals surface area contributed by atoms with Gasteiger partial charge in [0.1, 0.15) is 12.6 Å². The lowest BCUT2D eigenvalue weighted by Gasteiger charge is -2.24. The second-order valence-electron chi connectivity index (χ2n) is 4.33. The molecule has 0 radical (unpaired) electrons. The molecule has 2 amide bonds. The number of hydroxylamine groups is 1. The average molecular weight is 243 g/mol. The van der Waals surface area contributed by atoms with Crippen molar-refractivity contribution in [3.8, 4) is 0 Å². The average Bonchev–Trinajstić information content (AvgIpc) is 2.55. The Labute approximate surface area is 101 Å². The van der Waals surface area contributed by atoms with E-state index in [0.717, 1.165) is 25.9 Å². The quantitative estimate of drug-likeness (QED) is 0.654. The molecular formula is C11H21N3O3. The molecule has 0 spiro atoms. The van der Waals surface area contributed by atoms with Gasteiger partial charge in [0.05, 0.1) is 0 Å². The van der Waals surface area contributed by atoms with Gasteiger partial charge in [-0.3, -0.25) is 14.4 Å². The van der Waals surface area contributed by atoms with Crippen LogP contribution in [0.4, 0.5) is 0 Å². The molecule has 0 aromatic rings. The van der Waals surface area contributed by atoms with Crippen molar-refractivity contribution in [1.82, 2.24) is 10.4 Å². The zero-order valence-corrected chi connectivity index (χ0v) is 10.3. The van der Waals surface area contributed by atoms with Crippen LogP contribution in [0.15, 0.2) is 0 Å². The number of rotatable bonds is 5. The Bertz CT molecular complexity index is 263. The second-order valence-corrected chi connectivity index (χ2v) is 4.33. The van der Waals surface area contributed by atoms with E-state index in [1.807, 2.05) is 4.90 Å². The van der Waals surface area contributed by atoms with Crippen molar-refractivity contribution in [2.45, 2.75) is 38.6 Å². The van der Waals surface area contributed by atoms with Crippen molar-refractivity contribution in [2.75, 3.05) is 19.7 Å². The van der Waals surface area contributed by atoms with E-state index < -0.39 is 11.9 Å². The van der Waals surface area contributed by atoms with Crippen LogP contribution in [0.5, 0.6) is 0 Å². The van der Waals surface area contributed by atoms with Crippen molar-refractivity contribution in [2.24, 2.45) is 5.73 Å². The molecule has 1 heterocycles. The van der Waals surface area contributed by atoms with Gasteiger partial charge in [-0.05, 0) is 19.8 Å². The van der Waals surface area contributed by atoms with E-state index in [2.05, 4.69) is 5.48 Å². The summed E-state index contributed by atoms with van der Waals surface area (Å²) in [5.74, 6) is -0.553. The van der Waals surface area contributed by atoms with Crippen molar-refractivity contribution >= 4 is 11.8 Å². The number of nitrogens with one attached hydrogen (secondary N) is 1. The molecule has 1 fully saturated rings. The molecule has 0 saturated carbocycles. The van der Waals surface area contributed by atoms with Crippen molar-refractivity contribution in [3.63, 3.8) is 0 Å². The third kappa shape index (κ3) is 5.14. The minimum absolute atomic E-state index is 0.0105. The van der Waals surface area contributed by atoms with Gasteiger partial charge in [0.15, 0.2) is 0 Å². The first kappa shape index (κ1) is 13.9. The Morgan fingerprint density at radius 3 is 2.41 bits per heavy atom. The van der Waals surface area contributed by atoms with Crippen molar-refractivity contribution in [1.29, 1.82) is 0 Å². The van der Waals surface area contributed by atoms with E-state index in [0.29, 0.717) is 0 Å². The lowest BCUT2D eigenvalue weighted by atomic mass is 10.2. The fraction of sp³-hybridized carbons (Fsp3) is 0.818. The van der Waals surface area contributed by atoms with Crippen LogP contribution in [0.25, 0.3) is 0 Å². The third-order valence-corrected chi connectivity index (χ3v) is 2.76. The molecule has 0 aromatic carbocycles. The first-order valence-corrected chi connectivity index (χ1v) is 6.05. The largest absolute Gasteiger partial charge is 0.368 e. The van der Waals surface area contributed by atoms with Gasteiger partial charge < -0.3 is 10.6 Å². The molecule has 1 atom stereocenters. The van der Waals surface area contributed by atoms with Gasteiger partial charge >= 0.3 is 0 Å². The lowest BCUT2D eigenvalue weighted by Crippen LogP contribution is -2.45. The van der Waals surface area contributed by atoms with Crippen LogP contribution in [0, 0.1) is 0 Å². The zero-order valence-electron chi connectivity index (χ0n) is 10.3. The predicted octanol–water partition coefficient (Wildman–Crippen LogP) is -0.216. The summed E-state index contributed by atoms with van der Waals surface area (Å²) >= 11 is 0. The van der Waals surface area contributed by atoms with Gasteiger partial charge in [0, 0.05) is 13.1 Å². The Hall–Kier alpha value is -1.14. The SMILES string of the molecule is CC(NOCC(N)=O)C(=O)N1CCCCCC1. The van der Waals surface area contributed by atoms with E-state index in [9.17, 15) is 9.59 Å². The Kier molecular flexibility index (Phi) is 5.93. The maximum atomic E-state index is 12.0. The van der Waals surface area contributed by atoms with E-state index in [1.165, 1.54) is 12.8 Å². The molecule has 1 aliphatic heterocycles. The molecule has 3 N–H and O–H groups in total. The fourth-order valence-electron chi connectivity index (χ4n) is 1.85. The molecule has 6 heteroatoms. The number of likely N-dealkylation sites (tertiary alicyclic amines) is 1. The third-order valence-electron chi connectivity index (χ3n) is 2.76. The van der Waals surface area contributed by atoms with Crippen molar-refractivity contribution in [3.05, 3.63) is 0 Å². The zero-order chi connectivity index (χ0) is 12.7. The van der Waals surface area contributed by atoms with Crippen LogP contribution in [-0.4, -0.2) is 42.5 Å². The number of carbonyl (C=O) groups excluding carboxylic acids is 2. The number of carbonyl (C=O) groups is 2. The predicted molar refractivity (Wildman–Crippen MR) is 62.8 cm³/mol. The van der Waals surface area contributed by atoms with Gasteiger partial charge in [-0.15, -0.1) is 0 Å². The molecular weight excluding hydrogens is 222 g/mol. The smallest absolute Gasteiger partial charge is 0.245 e. The molecule has 17 heavy (non-hydrogen) atoms. The van der Waals surface area contributed by atoms with E-state index >= 15 is 0 Å². The number of amides is 2. The first-order chi connectivity index (χ1) is 8.11. The number of primary amides is 1. The summed E-state index contributed by atoms with van der Waals surface area (Å²) < 4.78 is 0. The molecule has 98 valence electrons. The normalized spacial score (nSPS) is 18.5. The van der Waals surface area contributed by atoms with Crippen LogP contribution in [0.1, 0.15) is 32.6 Å². The Morgan fingerprint density at radius 2 is 1.88 bits per heavy atom. The van der Waals surface area contributed by atoms with E-state index in [1.54, 1.807) is 6.92 Å². The molecule has 0 aromatic heterocycles. The molecule has 0 bridgehead atoms. The minimum Gasteiger partial charge on any atom is -0.368 e. The van der Waals surface area contributed by atoms with Crippen LogP contribution >= 0.6 is 0 Å². The molecule has 6 nitrogen and oxygen atoms in total. The fourth-order valence-corrected chi connectivity index (χ4v) is 1.85. The van der Waals surface area contributed by atoms with Crippen molar-refractivity contribution < 1.29 is 14.4 Å². The monoisotopic (exact) mass is 243 g/mol. The van der Waals surface area contributed by atoms with Crippen LogP contribution in [-0.2, 0) is 14.4 Å². The van der Waals surface area contributed by atoms with Crippen LogP contribution in [0.2, 0.25) is 0 Å². The summed E-state index contributed by atoms with van der Waals surface area (Å²) in [7, 11) is 0. The highest BCUT2D eigenvalue weighted by Gasteiger charge is 2.21. The van der Waals surface area contributed by atoms with Gasteiger partial charge in [-0.1, -0.05) is 12.8 Å². The summed E-state index contributed by atoms with van der Waals surface area (Å²) in [5, 5.41) is 0. The topological polar surface area (TPSA) is 84.7 Å². The number of hydrogen-bond acceptors (Lipinski definition) is 4. The highest BCUT2D eigenvalue weighted by atomic mass is 16.6. The van der Waals surface area contributed by atoms with Crippen LogP contribution < -0.4 is 11.2 Å². The summed E-state index contributed by atoms with van der Waals surface area (Å²) in [5.41, 5.74) is 7.46. The molecule has 1 saturated heterocycles. The molecule has 1 rings (SSSR count). The lowest BCUT2D eigenvalue weighted by molar-refractivity contribution is -0.140. The summed E-state index contributed by atoms with van der Waals surface area (Å²) in [6.07, 6.45) is 4.48. The van der Waals surface area contributed by atoms with E-state index in [4.69, 9.17) is 10.6 Å². The first-order valence-electron chi connectivity index (χ1n) is 6.05. The number of nitrogens with zero attached hydrogens (tertiary/aromatic N) is 1. The standard InChI is InChI=1S/C11H21N3O3/c1-9(13-17-8-10(12)15)11(16)14-6-4-2-3-5-7-14/h9,13H,2-8H2,1H3,(H2,12,15). The summed E-state index contributed by atoms with van der Waals surface area (Å²) in [6.45, 7) is 3.10. The number of nitrogens with two attached hydrogens (primary N) is 1. The Balaban J connectivity index is 2.31. The van der Waals surface area contributed by atoms with Crippen LogP contribution in [0.3, 0.4) is 0 Å². The Morgan fingerprint density at radius 1 is 1.29 bits per heavy atom.